The number of carboxylic acid groups (broad SMARTS) is 1. The van der Waals surface area contributed by atoms with Gasteiger partial charge in [0.2, 0.25) is 5.16 Å². The highest BCUT2D eigenvalue weighted by Gasteiger charge is 2.27. The summed E-state index contributed by atoms with van der Waals surface area (Å²) in [6.45, 7) is 0. The van der Waals surface area contributed by atoms with Crippen LogP contribution in [0.4, 0.5) is 0 Å². The predicted octanol–water partition coefficient (Wildman–Crippen LogP) is 1.72. The molecule has 1 saturated carbocycles. The van der Waals surface area contributed by atoms with Crippen LogP contribution in [-0.2, 0) is 4.79 Å². The molecule has 0 unspecified atom stereocenters. The van der Waals surface area contributed by atoms with Gasteiger partial charge in [0.25, 0.3) is 0 Å². The molecule has 7 heteroatoms. The highest BCUT2D eigenvalue weighted by Crippen LogP contribution is 2.35. The summed E-state index contributed by atoms with van der Waals surface area (Å²) < 4.78 is 1.75. The normalized spacial score (nSPS) is 19.7. The van der Waals surface area contributed by atoms with E-state index in [0.717, 1.165) is 23.8 Å². The van der Waals surface area contributed by atoms with Crippen LogP contribution >= 0.6 is 11.8 Å². The number of carbonyl (C=O) groups is 1. The van der Waals surface area contributed by atoms with Gasteiger partial charge >= 0.3 is 5.97 Å². The number of carboxylic acids is 1. The molecule has 1 aromatic rings. The lowest BCUT2D eigenvalue weighted by Crippen LogP contribution is -2.17. The first-order valence-corrected chi connectivity index (χ1v) is 7.09. The summed E-state index contributed by atoms with van der Waals surface area (Å²) in [5, 5.41) is 22.4. The van der Waals surface area contributed by atoms with Crippen molar-refractivity contribution in [3.63, 3.8) is 0 Å². The van der Waals surface area contributed by atoms with Crippen molar-refractivity contribution in [3.8, 4) is 0 Å². The minimum Gasteiger partial charge on any atom is -0.481 e. The first-order chi connectivity index (χ1) is 8.74. The minimum atomic E-state index is -0.840. The highest BCUT2D eigenvalue weighted by atomic mass is 32.2. The molecule has 6 nitrogen and oxygen atoms in total. The van der Waals surface area contributed by atoms with Gasteiger partial charge in [-0.05, 0) is 12.8 Å². The number of aliphatic carboxylic acids is 1. The van der Waals surface area contributed by atoms with Crippen molar-refractivity contribution in [1.82, 2.24) is 14.9 Å². The van der Waals surface area contributed by atoms with E-state index in [0.29, 0.717) is 17.4 Å². The standard InChI is InChI=1S/C11H14N4O2S/c16-9(17)5-8-6-18-11-13-12-10(15(11)14-8)7-3-1-2-4-7/h7H,1-6H2,(H,16,17). The fourth-order valence-corrected chi connectivity index (χ4v) is 3.29. The molecule has 0 atom stereocenters. The summed E-state index contributed by atoms with van der Waals surface area (Å²) in [6, 6.07) is 0. The van der Waals surface area contributed by atoms with E-state index in [9.17, 15) is 4.79 Å². The Bertz CT molecular complexity index is 505. The Morgan fingerprint density at radius 2 is 2.17 bits per heavy atom. The molecule has 96 valence electrons. The van der Waals surface area contributed by atoms with Gasteiger partial charge in [-0.25, -0.2) is 0 Å². The molecular formula is C11H14N4O2S. The first kappa shape index (κ1) is 11.7. The summed E-state index contributed by atoms with van der Waals surface area (Å²) in [5.74, 6) is 1.08. The summed E-state index contributed by atoms with van der Waals surface area (Å²) in [4.78, 5) is 10.7. The van der Waals surface area contributed by atoms with E-state index >= 15 is 0 Å². The SMILES string of the molecule is O=C(O)CC1=Nn2c(nnc2C2CCCC2)SC1. The van der Waals surface area contributed by atoms with E-state index in [4.69, 9.17) is 5.11 Å². The van der Waals surface area contributed by atoms with Gasteiger partial charge in [-0.2, -0.15) is 9.78 Å². The van der Waals surface area contributed by atoms with E-state index in [1.54, 1.807) is 4.68 Å². The van der Waals surface area contributed by atoms with Crippen LogP contribution in [0.5, 0.6) is 0 Å². The third-order valence-corrected chi connectivity index (χ3v) is 4.31. The van der Waals surface area contributed by atoms with Crippen LogP contribution in [0.1, 0.15) is 43.8 Å². The molecule has 1 N–H and O–H groups in total. The van der Waals surface area contributed by atoms with Crippen LogP contribution in [-0.4, -0.2) is 37.4 Å². The van der Waals surface area contributed by atoms with E-state index in [1.165, 1.54) is 24.6 Å². The number of hydrogen-bond acceptors (Lipinski definition) is 5. The highest BCUT2D eigenvalue weighted by molar-refractivity contribution is 7.99. The molecule has 2 aliphatic rings. The molecule has 0 saturated heterocycles. The maximum Gasteiger partial charge on any atom is 0.309 e. The van der Waals surface area contributed by atoms with E-state index in [1.807, 2.05) is 0 Å². The Labute approximate surface area is 108 Å². The molecule has 3 rings (SSSR count). The maximum atomic E-state index is 10.7. The largest absolute Gasteiger partial charge is 0.481 e. The second-order valence-electron chi connectivity index (χ2n) is 4.66. The van der Waals surface area contributed by atoms with Gasteiger partial charge < -0.3 is 5.11 Å². The number of hydrogen-bond donors (Lipinski definition) is 1. The first-order valence-electron chi connectivity index (χ1n) is 6.10. The Morgan fingerprint density at radius 3 is 2.89 bits per heavy atom. The van der Waals surface area contributed by atoms with Crippen LogP contribution in [0.2, 0.25) is 0 Å². The molecule has 0 amide bonds. The number of fused-ring (bicyclic) bond motifs is 1. The quantitative estimate of drug-likeness (QED) is 0.901. The lowest BCUT2D eigenvalue weighted by atomic mass is 10.1. The fourth-order valence-electron chi connectivity index (χ4n) is 2.48. The summed E-state index contributed by atoms with van der Waals surface area (Å²) in [7, 11) is 0. The number of nitrogens with zero attached hydrogens (tertiary/aromatic N) is 4. The molecule has 1 fully saturated rings. The van der Waals surface area contributed by atoms with Crippen molar-refractivity contribution in [2.24, 2.45) is 5.10 Å². The van der Waals surface area contributed by atoms with Crippen molar-refractivity contribution in [1.29, 1.82) is 0 Å². The van der Waals surface area contributed by atoms with Crippen molar-refractivity contribution < 1.29 is 9.90 Å². The van der Waals surface area contributed by atoms with Crippen molar-refractivity contribution in [2.45, 2.75) is 43.2 Å². The predicted molar refractivity (Wildman–Crippen MR) is 67.0 cm³/mol. The fraction of sp³-hybridized carbons (Fsp3) is 0.636. The molecule has 1 aromatic heterocycles. The molecule has 0 aromatic carbocycles. The molecule has 1 aliphatic heterocycles. The van der Waals surface area contributed by atoms with Crippen LogP contribution in [0.3, 0.4) is 0 Å². The summed E-state index contributed by atoms with van der Waals surface area (Å²) >= 11 is 1.51. The van der Waals surface area contributed by atoms with Crippen LogP contribution in [0.15, 0.2) is 10.3 Å². The van der Waals surface area contributed by atoms with E-state index < -0.39 is 5.97 Å². The van der Waals surface area contributed by atoms with Crippen LogP contribution in [0.25, 0.3) is 0 Å². The zero-order chi connectivity index (χ0) is 12.5. The van der Waals surface area contributed by atoms with Crippen molar-refractivity contribution >= 4 is 23.4 Å². The van der Waals surface area contributed by atoms with Crippen molar-refractivity contribution in [3.05, 3.63) is 5.82 Å². The topological polar surface area (TPSA) is 80.4 Å². The zero-order valence-corrected chi connectivity index (χ0v) is 10.7. The summed E-state index contributed by atoms with van der Waals surface area (Å²) in [5.41, 5.74) is 0.680. The molecule has 1 aliphatic carbocycles. The lowest BCUT2D eigenvalue weighted by Gasteiger charge is -2.14. The third kappa shape index (κ3) is 2.14. The van der Waals surface area contributed by atoms with Crippen LogP contribution < -0.4 is 0 Å². The molecule has 0 radical (unpaired) electrons. The second kappa shape index (κ2) is 4.72. The van der Waals surface area contributed by atoms with Crippen LogP contribution in [0, 0.1) is 0 Å². The number of thioether (sulfide) groups is 1. The van der Waals surface area contributed by atoms with E-state index in [2.05, 4.69) is 15.3 Å². The Balaban J connectivity index is 1.90. The van der Waals surface area contributed by atoms with Gasteiger partial charge in [-0.3, -0.25) is 4.79 Å². The Hall–Kier alpha value is -1.37. The van der Waals surface area contributed by atoms with Gasteiger partial charge in [0.1, 0.15) is 0 Å². The molecule has 0 bridgehead atoms. The smallest absolute Gasteiger partial charge is 0.309 e. The Morgan fingerprint density at radius 1 is 1.39 bits per heavy atom. The number of aromatic nitrogens is 3. The van der Waals surface area contributed by atoms with Gasteiger partial charge in [-0.1, -0.05) is 24.6 Å². The van der Waals surface area contributed by atoms with Gasteiger partial charge in [0.15, 0.2) is 5.82 Å². The second-order valence-corrected chi connectivity index (χ2v) is 5.60. The molecular weight excluding hydrogens is 252 g/mol. The maximum absolute atomic E-state index is 10.7. The average molecular weight is 266 g/mol. The monoisotopic (exact) mass is 266 g/mol. The third-order valence-electron chi connectivity index (χ3n) is 3.32. The average Bonchev–Trinajstić information content (AvgIpc) is 2.94. The van der Waals surface area contributed by atoms with Gasteiger partial charge in [-0.15, -0.1) is 10.2 Å². The molecule has 18 heavy (non-hydrogen) atoms. The molecule has 2 heterocycles. The van der Waals surface area contributed by atoms with Gasteiger partial charge in [0.05, 0.1) is 12.1 Å². The van der Waals surface area contributed by atoms with Gasteiger partial charge in [0, 0.05) is 11.7 Å². The van der Waals surface area contributed by atoms with E-state index in [-0.39, 0.29) is 6.42 Å². The minimum absolute atomic E-state index is 0.00523. The molecule has 0 spiro atoms. The number of rotatable bonds is 3. The Kier molecular flexibility index (Phi) is 3.07. The zero-order valence-electron chi connectivity index (χ0n) is 9.87. The lowest BCUT2D eigenvalue weighted by molar-refractivity contribution is -0.135. The summed E-state index contributed by atoms with van der Waals surface area (Å²) in [6.07, 6.45) is 4.71. The van der Waals surface area contributed by atoms with Crippen molar-refractivity contribution in [2.75, 3.05) is 5.75 Å².